The van der Waals surface area contributed by atoms with Crippen LogP contribution in [0.1, 0.15) is 18.7 Å². The predicted molar refractivity (Wildman–Crippen MR) is 102 cm³/mol. The SMILES string of the molecule is c1ccc(OCC2CCCN(Cc3ncc(-c4ccccc4)o3)C2)cc1. The number of aromatic nitrogens is 1. The number of benzene rings is 2. The molecular formula is C22H24N2O2. The molecule has 0 aliphatic carbocycles. The lowest BCUT2D eigenvalue weighted by molar-refractivity contribution is 0.118. The standard InChI is InChI=1S/C22H24N2O2/c1-3-9-19(10-4-1)21-14-23-22(26-21)16-24-13-7-8-18(15-24)17-25-20-11-5-2-6-12-20/h1-6,9-12,14,18H,7-8,13,15-17H2. The van der Waals surface area contributed by atoms with E-state index < -0.39 is 0 Å². The van der Waals surface area contributed by atoms with Crippen molar-refractivity contribution < 1.29 is 9.15 Å². The molecule has 1 unspecified atom stereocenters. The third-order valence-electron chi connectivity index (χ3n) is 4.80. The Morgan fingerprint density at radius 1 is 1.04 bits per heavy atom. The molecule has 1 fully saturated rings. The van der Waals surface area contributed by atoms with E-state index >= 15 is 0 Å². The summed E-state index contributed by atoms with van der Waals surface area (Å²) in [5.41, 5.74) is 1.07. The number of likely N-dealkylation sites (tertiary alicyclic amines) is 1. The number of nitrogens with zero attached hydrogens (tertiary/aromatic N) is 2. The van der Waals surface area contributed by atoms with Gasteiger partial charge in [-0.25, -0.2) is 4.98 Å². The summed E-state index contributed by atoms with van der Waals surface area (Å²) >= 11 is 0. The number of hydrogen-bond donors (Lipinski definition) is 0. The Balaban J connectivity index is 1.32. The molecule has 0 spiro atoms. The van der Waals surface area contributed by atoms with Gasteiger partial charge < -0.3 is 9.15 Å². The Morgan fingerprint density at radius 2 is 1.81 bits per heavy atom. The van der Waals surface area contributed by atoms with Gasteiger partial charge in [0.1, 0.15) is 5.75 Å². The lowest BCUT2D eigenvalue weighted by Gasteiger charge is -2.31. The molecule has 134 valence electrons. The summed E-state index contributed by atoms with van der Waals surface area (Å²) in [7, 11) is 0. The maximum atomic E-state index is 5.95. The first-order valence-corrected chi connectivity index (χ1v) is 9.27. The molecule has 0 saturated carbocycles. The number of hydrogen-bond acceptors (Lipinski definition) is 4. The third-order valence-corrected chi connectivity index (χ3v) is 4.80. The zero-order chi connectivity index (χ0) is 17.6. The monoisotopic (exact) mass is 348 g/mol. The van der Waals surface area contributed by atoms with E-state index in [1.165, 1.54) is 12.8 Å². The van der Waals surface area contributed by atoms with Crippen LogP contribution in [0.3, 0.4) is 0 Å². The molecule has 2 aromatic carbocycles. The van der Waals surface area contributed by atoms with E-state index in [-0.39, 0.29) is 0 Å². The van der Waals surface area contributed by atoms with Gasteiger partial charge in [0, 0.05) is 18.0 Å². The molecule has 3 aromatic rings. The van der Waals surface area contributed by atoms with Crippen LogP contribution < -0.4 is 4.74 Å². The lowest BCUT2D eigenvalue weighted by Crippen LogP contribution is -2.37. The van der Waals surface area contributed by atoms with Crippen LogP contribution >= 0.6 is 0 Å². The Labute approximate surface area is 154 Å². The van der Waals surface area contributed by atoms with Crippen LogP contribution in [0.25, 0.3) is 11.3 Å². The maximum Gasteiger partial charge on any atom is 0.209 e. The predicted octanol–water partition coefficient (Wildman–Crippen LogP) is 4.63. The summed E-state index contributed by atoms with van der Waals surface area (Å²) in [4.78, 5) is 6.89. The Hall–Kier alpha value is -2.59. The van der Waals surface area contributed by atoms with Crippen molar-refractivity contribution in [2.75, 3.05) is 19.7 Å². The first kappa shape index (κ1) is 16.9. The highest BCUT2D eigenvalue weighted by Crippen LogP contribution is 2.23. The summed E-state index contributed by atoms with van der Waals surface area (Å²) < 4.78 is 11.9. The lowest BCUT2D eigenvalue weighted by atomic mass is 9.99. The largest absolute Gasteiger partial charge is 0.493 e. The smallest absolute Gasteiger partial charge is 0.209 e. The summed E-state index contributed by atoms with van der Waals surface area (Å²) in [5, 5.41) is 0. The molecule has 1 saturated heterocycles. The number of oxazole rings is 1. The highest BCUT2D eigenvalue weighted by Gasteiger charge is 2.22. The maximum absolute atomic E-state index is 5.95. The second kappa shape index (κ2) is 8.19. The van der Waals surface area contributed by atoms with Crippen LogP contribution in [0.2, 0.25) is 0 Å². The van der Waals surface area contributed by atoms with Crippen molar-refractivity contribution in [3.63, 3.8) is 0 Å². The van der Waals surface area contributed by atoms with Gasteiger partial charge in [0.05, 0.1) is 19.3 Å². The number of piperidine rings is 1. The highest BCUT2D eigenvalue weighted by molar-refractivity contribution is 5.55. The van der Waals surface area contributed by atoms with E-state index in [0.29, 0.717) is 5.92 Å². The first-order valence-electron chi connectivity index (χ1n) is 9.27. The van der Waals surface area contributed by atoms with Gasteiger partial charge in [0.25, 0.3) is 0 Å². The van der Waals surface area contributed by atoms with E-state index in [0.717, 1.165) is 49.2 Å². The molecule has 4 nitrogen and oxygen atoms in total. The van der Waals surface area contributed by atoms with E-state index in [4.69, 9.17) is 9.15 Å². The fourth-order valence-corrected chi connectivity index (χ4v) is 3.47. The molecule has 2 heterocycles. The van der Waals surface area contributed by atoms with Crippen LogP contribution in [0.4, 0.5) is 0 Å². The molecule has 1 aliphatic rings. The molecule has 4 heteroatoms. The van der Waals surface area contributed by atoms with Crippen molar-refractivity contribution in [1.82, 2.24) is 9.88 Å². The molecule has 0 N–H and O–H groups in total. The van der Waals surface area contributed by atoms with Gasteiger partial charge in [0.15, 0.2) is 5.76 Å². The molecule has 1 aromatic heterocycles. The van der Waals surface area contributed by atoms with Gasteiger partial charge in [-0.15, -0.1) is 0 Å². The number of rotatable bonds is 6. The van der Waals surface area contributed by atoms with Gasteiger partial charge in [-0.05, 0) is 31.5 Å². The molecule has 0 amide bonds. The molecule has 0 radical (unpaired) electrons. The molecule has 1 aliphatic heterocycles. The van der Waals surface area contributed by atoms with E-state index in [9.17, 15) is 0 Å². The van der Waals surface area contributed by atoms with E-state index in [1.54, 1.807) is 0 Å². The van der Waals surface area contributed by atoms with Gasteiger partial charge in [-0.3, -0.25) is 4.90 Å². The minimum atomic E-state index is 0.549. The second-order valence-corrected chi connectivity index (χ2v) is 6.85. The fourth-order valence-electron chi connectivity index (χ4n) is 3.47. The van der Waals surface area contributed by atoms with Gasteiger partial charge in [0.2, 0.25) is 5.89 Å². The van der Waals surface area contributed by atoms with Gasteiger partial charge >= 0.3 is 0 Å². The summed E-state index contributed by atoms with van der Waals surface area (Å²) in [6, 6.07) is 20.2. The zero-order valence-electron chi connectivity index (χ0n) is 14.9. The molecule has 26 heavy (non-hydrogen) atoms. The quantitative estimate of drug-likeness (QED) is 0.651. The Morgan fingerprint density at radius 3 is 2.62 bits per heavy atom. The summed E-state index contributed by atoms with van der Waals surface area (Å²) in [6.45, 7) is 3.64. The van der Waals surface area contributed by atoms with Crippen molar-refractivity contribution in [2.45, 2.75) is 19.4 Å². The normalized spacial score (nSPS) is 17.9. The number of ether oxygens (including phenoxy) is 1. The number of para-hydroxylation sites is 1. The van der Waals surface area contributed by atoms with Crippen LogP contribution in [-0.4, -0.2) is 29.6 Å². The average Bonchev–Trinajstić information content (AvgIpc) is 3.17. The minimum absolute atomic E-state index is 0.549. The van der Waals surface area contributed by atoms with Crippen molar-refractivity contribution in [1.29, 1.82) is 0 Å². The van der Waals surface area contributed by atoms with Gasteiger partial charge in [-0.2, -0.15) is 0 Å². The molecule has 4 rings (SSSR count). The molecular weight excluding hydrogens is 324 g/mol. The Bertz CT molecular complexity index is 801. The van der Waals surface area contributed by atoms with Crippen molar-refractivity contribution in [2.24, 2.45) is 5.92 Å². The van der Waals surface area contributed by atoms with E-state index in [2.05, 4.69) is 9.88 Å². The second-order valence-electron chi connectivity index (χ2n) is 6.85. The van der Waals surface area contributed by atoms with Crippen LogP contribution in [0.15, 0.2) is 71.3 Å². The van der Waals surface area contributed by atoms with Crippen LogP contribution in [0, 0.1) is 5.92 Å². The van der Waals surface area contributed by atoms with Crippen molar-refractivity contribution >= 4 is 0 Å². The minimum Gasteiger partial charge on any atom is -0.493 e. The average molecular weight is 348 g/mol. The summed E-state index contributed by atoms with van der Waals surface area (Å²) in [6.07, 6.45) is 4.23. The highest BCUT2D eigenvalue weighted by atomic mass is 16.5. The summed E-state index contributed by atoms with van der Waals surface area (Å²) in [5.74, 6) is 3.12. The third kappa shape index (κ3) is 4.33. The van der Waals surface area contributed by atoms with Crippen LogP contribution in [0.5, 0.6) is 5.75 Å². The van der Waals surface area contributed by atoms with Crippen molar-refractivity contribution in [3.05, 3.63) is 72.8 Å². The first-order chi connectivity index (χ1) is 12.9. The molecule has 1 atom stereocenters. The Kier molecular flexibility index (Phi) is 5.31. The van der Waals surface area contributed by atoms with Gasteiger partial charge in [-0.1, -0.05) is 48.5 Å². The van der Waals surface area contributed by atoms with E-state index in [1.807, 2.05) is 66.9 Å². The zero-order valence-corrected chi connectivity index (χ0v) is 14.9. The molecule has 0 bridgehead atoms. The van der Waals surface area contributed by atoms with Crippen LogP contribution in [-0.2, 0) is 6.54 Å². The van der Waals surface area contributed by atoms with Crippen molar-refractivity contribution in [3.8, 4) is 17.1 Å². The fraction of sp³-hybridized carbons (Fsp3) is 0.318. The topological polar surface area (TPSA) is 38.5 Å².